The molecule has 2 aromatic heterocycles. The van der Waals surface area contributed by atoms with Gasteiger partial charge in [0.2, 0.25) is 0 Å². The lowest BCUT2D eigenvalue weighted by molar-refractivity contribution is 0.102. The van der Waals surface area contributed by atoms with E-state index in [4.69, 9.17) is 4.42 Å². The van der Waals surface area contributed by atoms with E-state index in [1.807, 2.05) is 12.1 Å². The van der Waals surface area contributed by atoms with Gasteiger partial charge in [0.05, 0.1) is 18.0 Å². The van der Waals surface area contributed by atoms with Crippen LogP contribution >= 0.6 is 0 Å². The lowest BCUT2D eigenvalue weighted by Gasteiger charge is -2.04. The highest BCUT2D eigenvalue weighted by Crippen LogP contribution is 2.20. The predicted molar refractivity (Wildman–Crippen MR) is 68.5 cm³/mol. The molecule has 0 bridgehead atoms. The number of rotatable bonds is 3. The first-order valence-electron chi connectivity index (χ1n) is 5.62. The van der Waals surface area contributed by atoms with Gasteiger partial charge in [-0.15, -0.1) is 0 Å². The fourth-order valence-electron chi connectivity index (χ4n) is 1.65. The lowest BCUT2D eigenvalue weighted by atomic mass is 10.1. The van der Waals surface area contributed by atoms with E-state index in [1.165, 1.54) is 18.8 Å². The Morgan fingerprint density at radius 3 is 2.68 bits per heavy atom. The molecule has 94 valence electrons. The summed E-state index contributed by atoms with van der Waals surface area (Å²) in [5, 5.41) is 9.09. The number of carbonyl (C=O) groups is 1. The second-order valence-corrected chi connectivity index (χ2v) is 3.88. The van der Waals surface area contributed by atoms with E-state index in [9.17, 15) is 4.79 Å². The van der Waals surface area contributed by atoms with E-state index in [2.05, 4.69) is 20.5 Å². The standard InChI is InChI=1S/C13H10N4O2/c18-13(10-5-15-16-6-10)17-11-3-1-9(2-4-11)12-7-14-8-19-12/h1-8H,(H,15,16)(H,17,18). The molecule has 0 radical (unpaired) electrons. The molecule has 3 aromatic rings. The van der Waals surface area contributed by atoms with Gasteiger partial charge in [0.1, 0.15) is 0 Å². The lowest BCUT2D eigenvalue weighted by Crippen LogP contribution is -2.10. The van der Waals surface area contributed by atoms with Crippen molar-refractivity contribution in [1.29, 1.82) is 0 Å². The van der Waals surface area contributed by atoms with Gasteiger partial charge in [-0.3, -0.25) is 9.89 Å². The topological polar surface area (TPSA) is 83.8 Å². The van der Waals surface area contributed by atoms with Gasteiger partial charge in [-0.25, -0.2) is 4.98 Å². The third kappa shape index (κ3) is 2.37. The molecule has 6 nitrogen and oxygen atoms in total. The van der Waals surface area contributed by atoms with Crippen molar-refractivity contribution in [3.8, 4) is 11.3 Å². The first-order chi connectivity index (χ1) is 9.33. The molecule has 0 saturated carbocycles. The molecule has 0 unspecified atom stereocenters. The summed E-state index contributed by atoms with van der Waals surface area (Å²) in [7, 11) is 0. The SMILES string of the molecule is O=C(Nc1ccc(-c2cnco2)cc1)c1cn[nH]c1. The van der Waals surface area contributed by atoms with E-state index in [1.54, 1.807) is 18.3 Å². The highest BCUT2D eigenvalue weighted by Gasteiger charge is 2.07. The van der Waals surface area contributed by atoms with Crippen LogP contribution in [0.25, 0.3) is 11.3 Å². The van der Waals surface area contributed by atoms with Crippen molar-refractivity contribution < 1.29 is 9.21 Å². The Morgan fingerprint density at radius 2 is 2.05 bits per heavy atom. The molecule has 19 heavy (non-hydrogen) atoms. The van der Waals surface area contributed by atoms with Crippen LogP contribution in [-0.4, -0.2) is 21.1 Å². The Balaban J connectivity index is 1.75. The Morgan fingerprint density at radius 1 is 1.21 bits per heavy atom. The van der Waals surface area contributed by atoms with Gasteiger partial charge in [-0.1, -0.05) is 0 Å². The summed E-state index contributed by atoms with van der Waals surface area (Å²) in [6, 6.07) is 7.31. The fourth-order valence-corrected chi connectivity index (χ4v) is 1.65. The van der Waals surface area contributed by atoms with Crippen LogP contribution in [0.4, 0.5) is 5.69 Å². The van der Waals surface area contributed by atoms with Crippen molar-refractivity contribution in [3.63, 3.8) is 0 Å². The molecule has 0 aliphatic heterocycles. The summed E-state index contributed by atoms with van der Waals surface area (Å²) in [5.74, 6) is 0.480. The molecule has 0 aliphatic rings. The van der Waals surface area contributed by atoms with Crippen molar-refractivity contribution in [2.24, 2.45) is 0 Å². The minimum absolute atomic E-state index is 0.207. The van der Waals surface area contributed by atoms with Crippen LogP contribution < -0.4 is 5.32 Å². The number of hydrogen-bond acceptors (Lipinski definition) is 4. The number of hydrogen-bond donors (Lipinski definition) is 2. The smallest absolute Gasteiger partial charge is 0.258 e. The number of aromatic nitrogens is 3. The zero-order valence-corrected chi connectivity index (χ0v) is 9.83. The van der Waals surface area contributed by atoms with Crippen LogP contribution in [0.5, 0.6) is 0 Å². The second-order valence-electron chi connectivity index (χ2n) is 3.88. The number of carbonyl (C=O) groups excluding carboxylic acids is 1. The number of nitrogens with zero attached hydrogens (tertiary/aromatic N) is 2. The zero-order chi connectivity index (χ0) is 13.1. The largest absolute Gasteiger partial charge is 0.444 e. The van der Waals surface area contributed by atoms with Crippen molar-refractivity contribution in [2.75, 3.05) is 5.32 Å². The van der Waals surface area contributed by atoms with Crippen LogP contribution in [-0.2, 0) is 0 Å². The molecule has 2 heterocycles. The van der Waals surface area contributed by atoms with Crippen molar-refractivity contribution in [3.05, 3.63) is 54.8 Å². The predicted octanol–water partition coefficient (Wildman–Crippen LogP) is 2.32. The maximum Gasteiger partial charge on any atom is 0.258 e. The Bertz CT molecular complexity index is 657. The van der Waals surface area contributed by atoms with Gasteiger partial charge in [0.25, 0.3) is 5.91 Å². The summed E-state index contributed by atoms with van der Waals surface area (Å²) in [6.07, 6.45) is 6.03. The van der Waals surface area contributed by atoms with Crippen molar-refractivity contribution in [2.45, 2.75) is 0 Å². The first-order valence-corrected chi connectivity index (χ1v) is 5.62. The number of anilines is 1. The highest BCUT2D eigenvalue weighted by molar-refractivity contribution is 6.03. The average Bonchev–Trinajstić information content (AvgIpc) is 3.13. The third-order valence-corrected chi connectivity index (χ3v) is 2.62. The minimum Gasteiger partial charge on any atom is -0.444 e. The maximum atomic E-state index is 11.8. The van der Waals surface area contributed by atoms with Crippen LogP contribution in [0, 0.1) is 0 Å². The van der Waals surface area contributed by atoms with Crippen LogP contribution in [0.2, 0.25) is 0 Å². The number of nitrogens with one attached hydrogen (secondary N) is 2. The number of aromatic amines is 1. The molecule has 0 atom stereocenters. The monoisotopic (exact) mass is 254 g/mol. The van der Waals surface area contributed by atoms with Gasteiger partial charge < -0.3 is 9.73 Å². The number of amides is 1. The molecule has 0 fully saturated rings. The Hall–Kier alpha value is -2.89. The molecule has 2 N–H and O–H groups in total. The highest BCUT2D eigenvalue weighted by atomic mass is 16.3. The summed E-state index contributed by atoms with van der Waals surface area (Å²) < 4.78 is 5.19. The minimum atomic E-state index is -0.207. The van der Waals surface area contributed by atoms with Crippen LogP contribution in [0.1, 0.15) is 10.4 Å². The zero-order valence-electron chi connectivity index (χ0n) is 9.83. The quantitative estimate of drug-likeness (QED) is 0.751. The van der Waals surface area contributed by atoms with Gasteiger partial charge >= 0.3 is 0 Å². The molecular weight excluding hydrogens is 244 g/mol. The maximum absolute atomic E-state index is 11.8. The van der Waals surface area contributed by atoms with E-state index in [0.717, 1.165) is 5.56 Å². The van der Waals surface area contributed by atoms with Gasteiger partial charge in [0, 0.05) is 17.4 Å². The van der Waals surface area contributed by atoms with Gasteiger partial charge in [-0.2, -0.15) is 5.10 Å². The molecule has 1 aromatic carbocycles. The average molecular weight is 254 g/mol. The first kappa shape index (κ1) is 11.2. The molecular formula is C13H10N4O2. The van der Waals surface area contributed by atoms with Crippen molar-refractivity contribution >= 4 is 11.6 Å². The van der Waals surface area contributed by atoms with E-state index in [-0.39, 0.29) is 5.91 Å². The number of oxazole rings is 1. The molecule has 0 aliphatic carbocycles. The number of benzene rings is 1. The van der Waals surface area contributed by atoms with E-state index < -0.39 is 0 Å². The molecule has 0 saturated heterocycles. The van der Waals surface area contributed by atoms with Gasteiger partial charge in [-0.05, 0) is 24.3 Å². The Kier molecular flexibility index (Phi) is 2.82. The molecule has 1 amide bonds. The Labute approximate surface area is 108 Å². The third-order valence-electron chi connectivity index (χ3n) is 2.62. The summed E-state index contributed by atoms with van der Waals surface area (Å²) in [5.41, 5.74) is 2.09. The van der Waals surface area contributed by atoms with E-state index >= 15 is 0 Å². The molecule has 6 heteroatoms. The van der Waals surface area contributed by atoms with Crippen LogP contribution in [0.15, 0.2) is 53.7 Å². The van der Waals surface area contributed by atoms with Crippen molar-refractivity contribution in [1.82, 2.24) is 15.2 Å². The molecule has 0 spiro atoms. The molecule has 3 rings (SSSR count). The number of H-pyrrole nitrogens is 1. The van der Waals surface area contributed by atoms with E-state index in [0.29, 0.717) is 17.0 Å². The van der Waals surface area contributed by atoms with Crippen LogP contribution in [0.3, 0.4) is 0 Å². The fraction of sp³-hybridized carbons (Fsp3) is 0. The summed E-state index contributed by atoms with van der Waals surface area (Å²) in [4.78, 5) is 15.6. The normalized spacial score (nSPS) is 10.3. The summed E-state index contributed by atoms with van der Waals surface area (Å²) in [6.45, 7) is 0. The van der Waals surface area contributed by atoms with Gasteiger partial charge in [0.15, 0.2) is 12.2 Å². The second kappa shape index (κ2) is 4.77. The summed E-state index contributed by atoms with van der Waals surface area (Å²) >= 11 is 0.